The maximum atomic E-state index is 12.4. The average Bonchev–Trinajstić information content (AvgIpc) is 3.04. The first-order chi connectivity index (χ1) is 13.0. The summed E-state index contributed by atoms with van der Waals surface area (Å²) >= 11 is 1.64. The van der Waals surface area contributed by atoms with Gasteiger partial charge in [0.2, 0.25) is 15.9 Å². The standard InChI is InChI=1S/C18H22N2O5S2/c21-18(19-8-6-14-3-1-12-26-14)7-9-20-27(22,23)15-4-5-16-17(13-15)25-11-2-10-24-16/h1,3-5,12-13,20H,2,6-11H2,(H,19,21). The topological polar surface area (TPSA) is 93.7 Å². The van der Waals surface area contributed by atoms with Crippen molar-refractivity contribution in [1.29, 1.82) is 0 Å². The molecule has 2 heterocycles. The fourth-order valence-corrected chi connectivity index (χ4v) is 4.32. The Morgan fingerprint density at radius 3 is 2.70 bits per heavy atom. The Morgan fingerprint density at radius 1 is 1.11 bits per heavy atom. The van der Waals surface area contributed by atoms with Crippen LogP contribution in [0.15, 0.2) is 40.6 Å². The lowest BCUT2D eigenvalue weighted by molar-refractivity contribution is -0.120. The van der Waals surface area contributed by atoms with Crippen molar-refractivity contribution in [3.63, 3.8) is 0 Å². The monoisotopic (exact) mass is 410 g/mol. The van der Waals surface area contributed by atoms with E-state index in [1.165, 1.54) is 17.0 Å². The molecule has 2 N–H and O–H groups in total. The maximum absolute atomic E-state index is 12.4. The first kappa shape index (κ1) is 19.7. The predicted octanol–water partition coefficient (Wildman–Crippen LogP) is 1.94. The zero-order chi connectivity index (χ0) is 19.1. The third-order valence-corrected chi connectivity index (χ3v) is 6.34. The number of benzene rings is 1. The molecule has 1 aliphatic heterocycles. The lowest BCUT2D eigenvalue weighted by atomic mass is 10.3. The lowest BCUT2D eigenvalue weighted by Gasteiger charge is -2.11. The summed E-state index contributed by atoms with van der Waals surface area (Å²) in [4.78, 5) is 13.1. The van der Waals surface area contributed by atoms with Gasteiger partial charge in [0.05, 0.1) is 18.1 Å². The molecule has 1 aromatic carbocycles. The third-order valence-electron chi connectivity index (χ3n) is 3.95. The molecule has 0 aliphatic carbocycles. The number of hydrogen-bond acceptors (Lipinski definition) is 6. The highest BCUT2D eigenvalue weighted by Crippen LogP contribution is 2.31. The van der Waals surface area contributed by atoms with Crippen LogP contribution >= 0.6 is 11.3 Å². The van der Waals surface area contributed by atoms with Crippen molar-refractivity contribution in [2.24, 2.45) is 0 Å². The number of fused-ring (bicyclic) bond motifs is 1. The molecule has 0 fully saturated rings. The summed E-state index contributed by atoms with van der Waals surface area (Å²) in [6.45, 7) is 1.59. The van der Waals surface area contributed by atoms with E-state index < -0.39 is 10.0 Å². The third kappa shape index (κ3) is 5.69. The van der Waals surface area contributed by atoms with E-state index in [0.29, 0.717) is 31.3 Å². The maximum Gasteiger partial charge on any atom is 0.240 e. The van der Waals surface area contributed by atoms with Crippen molar-refractivity contribution in [2.75, 3.05) is 26.3 Å². The van der Waals surface area contributed by atoms with Gasteiger partial charge in [0.25, 0.3) is 0 Å². The Bertz CT molecular complexity index is 866. The van der Waals surface area contributed by atoms with Crippen molar-refractivity contribution in [3.8, 4) is 11.5 Å². The molecule has 0 saturated heterocycles. The van der Waals surface area contributed by atoms with E-state index >= 15 is 0 Å². The highest BCUT2D eigenvalue weighted by molar-refractivity contribution is 7.89. The first-order valence-corrected chi connectivity index (χ1v) is 11.1. The number of amides is 1. The second-order valence-electron chi connectivity index (χ2n) is 5.99. The number of ether oxygens (including phenoxy) is 2. The fraction of sp³-hybridized carbons (Fsp3) is 0.389. The number of carbonyl (C=O) groups is 1. The molecule has 0 saturated carbocycles. The minimum absolute atomic E-state index is 0.0294. The second kappa shape index (κ2) is 9.20. The molecule has 27 heavy (non-hydrogen) atoms. The molecule has 1 aromatic heterocycles. The van der Waals surface area contributed by atoms with Gasteiger partial charge in [0.15, 0.2) is 11.5 Å². The normalized spacial score (nSPS) is 13.8. The predicted molar refractivity (Wildman–Crippen MR) is 103 cm³/mol. The van der Waals surface area contributed by atoms with Crippen molar-refractivity contribution in [2.45, 2.75) is 24.2 Å². The molecule has 7 nitrogen and oxygen atoms in total. The smallest absolute Gasteiger partial charge is 0.240 e. The molecular weight excluding hydrogens is 388 g/mol. The van der Waals surface area contributed by atoms with Crippen molar-refractivity contribution < 1.29 is 22.7 Å². The van der Waals surface area contributed by atoms with Crippen LogP contribution in [0.1, 0.15) is 17.7 Å². The average molecular weight is 411 g/mol. The van der Waals surface area contributed by atoms with Gasteiger partial charge >= 0.3 is 0 Å². The SMILES string of the molecule is O=C(CCNS(=O)(=O)c1ccc2c(c1)OCCCO2)NCCc1cccs1. The van der Waals surface area contributed by atoms with Crippen LogP contribution in [-0.2, 0) is 21.2 Å². The van der Waals surface area contributed by atoms with Crippen LogP contribution in [0, 0.1) is 0 Å². The van der Waals surface area contributed by atoms with Gasteiger partial charge in [-0.2, -0.15) is 0 Å². The van der Waals surface area contributed by atoms with Gasteiger partial charge in [-0.1, -0.05) is 6.07 Å². The molecule has 0 atom stereocenters. The quantitative estimate of drug-likeness (QED) is 0.694. The molecule has 0 bridgehead atoms. The summed E-state index contributed by atoms with van der Waals surface area (Å²) in [6, 6.07) is 8.49. The number of rotatable bonds is 8. The summed E-state index contributed by atoms with van der Waals surface area (Å²) in [5.41, 5.74) is 0. The van der Waals surface area contributed by atoms with Crippen LogP contribution in [0.3, 0.4) is 0 Å². The minimum Gasteiger partial charge on any atom is -0.490 e. The molecular formula is C18H22N2O5S2. The Balaban J connectivity index is 1.47. The minimum atomic E-state index is -3.72. The highest BCUT2D eigenvalue weighted by atomic mass is 32.2. The second-order valence-corrected chi connectivity index (χ2v) is 8.79. The number of sulfonamides is 1. The van der Waals surface area contributed by atoms with E-state index in [4.69, 9.17) is 9.47 Å². The highest BCUT2D eigenvalue weighted by Gasteiger charge is 2.18. The van der Waals surface area contributed by atoms with Crippen molar-refractivity contribution in [3.05, 3.63) is 40.6 Å². The molecule has 146 valence electrons. The lowest BCUT2D eigenvalue weighted by Crippen LogP contribution is -2.31. The summed E-state index contributed by atoms with van der Waals surface area (Å²) in [5.74, 6) is 0.770. The summed E-state index contributed by atoms with van der Waals surface area (Å²) < 4.78 is 38.3. The van der Waals surface area contributed by atoms with Gasteiger partial charge < -0.3 is 14.8 Å². The van der Waals surface area contributed by atoms with E-state index in [-0.39, 0.29) is 23.8 Å². The molecule has 2 aromatic rings. The van der Waals surface area contributed by atoms with Crippen LogP contribution in [0.5, 0.6) is 11.5 Å². The van der Waals surface area contributed by atoms with E-state index in [2.05, 4.69) is 10.0 Å². The molecule has 0 spiro atoms. The Kier molecular flexibility index (Phi) is 6.70. The van der Waals surface area contributed by atoms with Gasteiger partial charge in [-0.15, -0.1) is 11.3 Å². The number of hydrogen-bond donors (Lipinski definition) is 2. The summed E-state index contributed by atoms with van der Waals surface area (Å²) in [5, 5.41) is 4.78. The summed E-state index contributed by atoms with van der Waals surface area (Å²) in [6.07, 6.45) is 1.59. The molecule has 1 amide bonds. The van der Waals surface area contributed by atoms with Crippen LogP contribution in [0.4, 0.5) is 0 Å². The van der Waals surface area contributed by atoms with E-state index in [1.807, 2.05) is 17.5 Å². The van der Waals surface area contributed by atoms with E-state index in [1.54, 1.807) is 17.4 Å². The zero-order valence-electron chi connectivity index (χ0n) is 14.8. The van der Waals surface area contributed by atoms with Crippen LogP contribution in [-0.4, -0.2) is 40.6 Å². The Morgan fingerprint density at radius 2 is 1.93 bits per heavy atom. The van der Waals surface area contributed by atoms with Gasteiger partial charge in [-0.3, -0.25) is 4.79 Å². The number of nitrogens with one attached hydrogen (secondary N) is 2. The van der Waals surface area contributed by atoms with Gasteiger partial charge in [-0.25, -0.2) is 13.1 Å². The van der Waals surface area contributed by atoms with Crippen LogP contribution in [0.25, 0.3) is 0 Å². The van der Waals surface area contributed by atoms with E-state index in [9.17, 15) is 13.2 Å². The van der Waals surface area contributed by atoms with Crippen molar-refractivity contribution in [1.82, 2.24) is 10.0 Å². The molecule has 3 rings (SSSR count). The van der Waals surface area contributed by atoms with E-state index in [0.717, 1.165) is 12.8 Å². The molecule has 0 radical (unpaired) electrons. The molecule has 1 aliphatic rings. The molecule has 9 heteroatoms. The zero-order valence-corrected chi connectivity index (χ0v) is 16.4. The van der Waals surface area contributed by atoms with Gasteiger partial charge in [-0.05, 0) is 30.0 Å². The van der Waals surface area contributed by atoms with Gasteiger partial charge in [0, 0.05) is 36.9 Å². The number of carbonyl (C=O) groups excluding carboxylic acids is 1. The van der Waals surface area contributed by atoms with Crippen LogP contribution < -0.4 is 19.5 Å². The Hall–Kier alpha value is -2.10. The van der Waals surface area contributed by atoms with Crippen molar-refractivity contribution >= 4 is 27.3 Å². The van der Waals surface area contributed by atoms with Gasteiger partial charge in [0.1, 0.15) is 0 Å². The summed E-state index contributed by atoms with van der Waals surface area (Å²) in [7, 11) is -3.72. The number of thiophene rings is 1. The molecule has 0 unspecified atom stereocenters. The first-order valence-electron chi connectivity index (χ1n) is 8.73. The van der Waals surface area contributed by atoms with Crippen LogP contribution in [0.2, 0.25) is 0 Å². The largest absolute Gasteiger partial charge is 0.490 e. The fourth-order valence-electron chi connectivity index (χ4n) is 2.56. The Labute approximate surface area is 162 Å².